The van der Waals surface area contributed by atoms with Gasteiger partial charge in [-0.3, -0.25) is 0 Å². The number of rotatable bonds is 3. The van der Waals surface area contributed by atoms with E-state index in [0.29, 0.717) is 0 Å². The van der Waals surface area contributed by atoms with Gasteiger partial charge < -0.3 is 0 Å². The summed E-state index contributed by atoms with van der Waals surface area (Å²) >= 11 is 0. The van der Waals surface area contributed by atoms with E-state index in [4.69, 9.17) is 0 Å². The number of hydrogen-bond donors (Lipinski definition) is 0. The van der Waals surface area contributed by atoms with Crippen LogP contribution in [-0.4, -0.2) is 6.16 Å². The molecule has 0 rings (SSSR count). The zero-order valence-electron chi connectivity index (χ0n) is 5.07. The highest BCUT2D eigenvalue weighted by Crippen LogP contribution is 2.11. The Balaban J connectivity index is 2.69. The maximum atomic E-state index is 2.24. The molecule has 0 aliphatic heterocycles. The van der Waals surface area contributed by atoms with E-state index in [1.807, 2.05) is 0 Å². The molecule has 0 bridgehead atoms. The summed E-state index contributed by atoms with van der Waals surface area (Å²) < 4.78 is 0. The molecule has 0 aromatic heterocycles. The first-order valence-electron chi connectivity index (χ1n) is 2.76. The van der Waals surface area contributed by atoms with Crippen molar-refractivity contribution in [1.82, 2.24) is 0 Å². The smallest absolute Gasteiger partial charge is 0.0321 e. The van der Waals surface area contributed by atoms with Crippen molar-refractivity contribution in [2.45, 2.75) is 20.3 Å². The van der Waals surface area contributed by atoms with Crippen LogP contribution in [0.1, 0.15) is 20.3 Å². The Morgan fingerprint density at radius 3 is 2.71 bits per heavy atom. The second-order valence-electron chi connectivity index (χ2n) is 1.45. The molecule has 1 atom stereocenters. The normalized spacial score (nSPS) is 12.3. The molecule has 0 N–H and O–H groups in total. The van der Waals surface area contributed by atoms with Gasteiger partial charge in [-0.1, -0.05) is 33.8 Å². The number of allylic oxidation sites excluding steroid dienone is 1. The van der Waals surface area contributed by atoms with Crippen molar-refractivity contribution >= 4 is 8.58 Å². The van der Waals surface area contributed by atoms with Gasteiger partial charge in [-0.05, 0) is 13.1 Å². The van der Waals surface area contributed by atoms with Crippen LogP contribution in [0, 0.1) is 0 Å². The van der Waals surface area contributed by atoms with Crippen molar-refractivity contribution in [2.24, 2.45) is 0 Å². The van der Waals surface area contributed by atoms with Crippen LogP contribution in [0.3, 0.4) is 0 Å². The standard InChI is InChI=1S/C6H13P/c1-3-5-7-6-4-2/h3,5,7H,4,6H2,1-2H3. The van der Waals surface area contributed by atoms with Crippen molar-refractivity contribution in [2.75, 3.05) is 6.16 Å². The molecule has 1 heteroatoms. The van der Waals surface area contributed by atoms with Gasteiger partial charge in [0.15, 0.2) is 0 Å². The molecule has 0 heterocycles. The zero-order valence-corrected chi connectivity index (χ0v) is 6.07. The predicted molar refractivity (Wildman–Crippen MR) is 38.3 cm³/mol. The first-order valence-corrected chi connectivity index (χ1v) is 4.04. The van der Waals surface area contributed by atoms with E-state index in [0.717, 1.165) is 8.58 Å². The third-order valence-corrected chi connectivity index (χ3v) is 2.04. The van der Waals surface area contributed by atoms with Gasteiger partial charge in [0, 0.05) is 0 Å². The second kappa shape index (κ2) is 6.17. The third-order valence-electron chi connectivity index (χ3n) is 0.679. The van der Waals surface area contributed by atoms with Crippen molar-refractivity contribution in [3.8, 4) is 0 Å². The maximum absolute atomic E-state index is 2.24. The highest BCUT2D eigenvalue weighted by atomic mass is 31.1. The SMILES string of the molecule is CC=CPCCC. The molecule has 0 radical (unpaired) electrons. The Labute approximate surface area is 47.8 Å². The summed E-state index contributed by atoms with van der Waals surface area (Å²) in [5, 5.41) is 0. The summed E-state index contributed by atoms with van der Waals surface area (Å²) in [5.74, 6) is 2.24. The minimum atomic E-state index is 1.05. The highest BCUT2D eigenvalue weighted by Gasteiger charge is 1.72. The number of hydrogen-bond acceptors (Lipinski definition) is 0. The highest BCUT2D eigenvalue weighted by molar-refractivity contribution is 7.41. The first kappa shape index (κ1) is 7.17. The van der Waals surface area contributed by atoms with Crippen LogP contribution >= 0.6 is 8.58 Å². The Hall–Kier alpha value is 0.170. The Kier molecular flexibility index (Phi) is 6.32. The molecule has 0 saturated carbocycles. The molecule has 0 aromatic carbocycles. The van der Waals surface area contributed by atoms with Gasteiger partial charge in [-0.15, -0.1) is 0 Å². The van der Waals surface area contributed by atoms with E-state index in [2.05, 4.69) is 25.7 Å². The van der Waals surface area contributed by atoms with E-state index in [9.17, 15) is 0 Å². The first-order chi connectivity index (χ1) is 3.41. The van der Waals surface area contributed by atoms with Gasteiger partial charge in [-0.2, -0.15) is 0 Å². The quantitative estimate of drug-likeness (QED) is 0.392. The molecule has 7 heavy (non-hydrogen) atoms. The van der Waals surface area contributed by atoms with Gasteiger partial charge in [-0.25, -0.2) is 0 Å². The Morgan fingerprint density at radius 2 is 2.29 bits per heavy atom. The Bertz CT molecular complexity index is 48.1. The average molecular weight is 116 g/mol. The van der Waals surface area contributed by atoms with Crippen LogP contribution in [-0.2, 0) is 0 Å². The molecule has 1 unspecified atom stereocenters. The molecule has 0 nitrogen and oxygen atoms in total. The van der Waals surface area contributed by atoms with Crippen LogP contribution in [0.25, 0.3) is 0 Å². The Morgan fingerprint density at radius 1 is 1.57 bits per heavy atom. The molecular formula is C6H13P. The van der Waals surface area contributed by atoms with E-state index >= 15 is 0 Å². The second-order valence-corrected chi connectivity index (χ2v) is 2.70. The van der Waals surface area contributed by atoms with Gasteiger partial charge in [0.05, 0.1) is 0 Å². The molecule has 0 aliphatic rings. The van der Waals surface area contributed by atoms with E-state index in [-0.39, 0.29) is 0 Å². The van der Waals surface area contributed by atoms with Crippen LogP contribution in [0.2, 0.25) is 0 Å². The van der Waals surface area contributed by atoms with E-state index < -0.39 is 0 Å². The van der Waals surface area contributed by atoms with Crippen molar-refractivity contribution in [1.29, 1.82) is 0 Å². The van der Waals surface area contributed by atoms with Crippen molar-refractivity contribution in [3.63, 3.8) is 0 Å². The van der Waals surface area contributed by atoms with Gasteiger partial charge in [0.2, 0.25) is 0 Å². The fourth-order valence-electron chi connectivity index (χ4n) is 0.346. The monoisotopic (exact) mass is 116 g/mol. The van der Waals surface area contributed by atoms with Gasteiger partial charge >= 0.3 is 0 Å². The van der Waals surface area contributed by atoms with Crippen molar-refractivity contribution in [3.05, 3.63) is 11.9 Å². The van der Waals surface area contributed by atoms with Gasteiger partial charge in [0.25, 0.3) is 0 Å². The molecule has 0 spiro atoms. The van der Waals surface area contributed by atoms with Crippen LogP contribution in [0.15, 0.2) is 11.9 Å². The lowest BCUT2D eigenvalue weighted by Gasteiger charge is -1.84. The molecule has 0 saturated heterocycles. The molecule has 0 amide bonds. The molecular weight excluding hydrogens is 103 g/mol. The lowest BCUT2D eigenvalue weighted by atomic mass is 10.6. The predicted octanol–water partition coefficient (Wildman–Crippen LogP) is 2.61. The van der Waals surface area contributed by atoms with Gasteiger partial charge in [0.1, 0.15) is 0 Å². The minimum Gasteiger partial charge on any atom is -0.0988 e. The molecule has 0 fully saturated rings. The summed E-state index contributed by atoms with van der Waals surface area (Å²) in [4.78, 5) is 0. The summed E-state index contributed by atoms with van der Waals surface area (Å²) in [5.41, 5.74) is 0. The van der Waals surface area contributed by atoms with E-state index in [1.54, 1.807) is 0 Å². The summed E-state index contributed by atoms with van der Waals surface area (Å²) in [7, 11) is 1.05. The minimum absolute atomic E-state index is 1.05. The maximum Gasteiger partial charge on any atom is -0.0321 e. The van der Waals surface area contributed by atoms with Crippen LogP contribution in [0.5, 0.6) is 0 Å². The zero-order chi connectivity index (χ0) is 5.54. The fourth-order valence-corrected chi connectivity index (χ4v) is 1.04. The fraction of sp³-hybridized carbons (Fsp3) is 0.667. The molecule has 42 valence electrons. The molecule has 0 aliphatic carbocycles. The van der Waals surface area contributed by atoms with E-state index in [1.165, 1.54) is 12.6 Å². The van der Waals surface area contributed by atoms with Crippen molar-refractivity contribution < 1.29 is 0 Å². The average Bonchev–Trinajstić information content (AvgIpc) is 1.69. The topological polar surface area (TPSA) is 0 Å². The molecule has 0 aromatic rings. The van der Waals surface area contributed by atoms with Crippen LogP contribution < -0.4 is 0 Å². The largest absolute Gasteiger partial charge is 0.0988 e. The van der Waals surface area contributed by atoms with Crippen LogP contribution in [0.4, 0.5) is 0 Å². The summed E-state index contributed by atoms with van der Waals surface area (Å²) in [6.45, 7) is 4.29. The lowest BCUT2D eigenvalue weighted by molar-refractivity contribution is 1.10. The summed E-state index contributed by atoms with van der Waals surface area (Å²) in [6.07, 6.45) is 4.81. The lowest BCUT2D eigenvalue weighted by Crippen LogP contribution is -1.62. The summed E-state index contributed by atoms with van der Waals surface area (Å²) in [6, 6.07) is 0. The third kappa shape index (κ3) is 6.17.